The summed E-state index contributed by atoms with van der Waals surface area (Å²) in [6.45, 7) is 9.29. The van der Waals surface area contributed by atoms with Crippen molar-refractivity contribution in [3.63, 3.8) is 0 Å². The lowest BCUT2D eigenvalue weighted by atomic mass is 9.90. The van der Waals surface area contributed by atoms with Gasteiger partial charge in [-0.2, -0.15) is 0 Å². The number of phenols is 1. The number of phenolic OH excluding ortho intramolecular Hbond substituents is 1. The van der Waals surface area contributed by atoms with Gasteiger partial charge in [0.25, 0.3) is 0 Å². The molecule has 2 heterocycles. The number of aromatic nitrogens is 3. The van der Waals surface area contributed by atoms with Crippen LogP contribution in [-0.2, 0) is 0 Å². The van der Waals surface area contributed by atoms with Crippen LogP contribution in [-0.4, -0.2) is 19.6 Å². The van der Waals surface area contributed by atoms with E-state index in [4.69, 9.17) is 15.5 Å². The van der Waals surface area contributed by atoms with Gasteiger partial charge in [-0.05, 0) is 165 Å². The number of benzene rings is 8. The van der Waals surface area contributed by atoms with E-state index >= 15 is 0 Å². The Morgan fingerprint density at radius 1 is 0.507 bits per heavy atom. The van der Waals surface area contributed by atoms with Gasteiger partial charge in [-0.1, -0.05) is 155 Å². The first-order valence-corrected chi connectivity index (χ1v) is 23.0. The second-order valence-corrected chi connectivity index (χ2v) is 18.2. The molecule has 4 heteroatoms. The van der Waals surface area contributed by atoms with Crippen molar-refractivity contribution in [1.82, 2.24) is 14.5 Å². The molecule has 0 aliphatic carbocycles. The standard InChI is InChI=1S/C63H55N3O/c1-39(2)50-32-51(40(3)4)34-53(33-50)48-25-26-59(42(6)31-48)66-60-20-14-19-56(61(60)65-63(66)57-30-41(5)29-43(7)62(57)67)54-35-52(45-17-12-9-13-18-45)36-55(37-54)58-38-49(27-28-64-58)47-23-21-46(22-24-47)44-15-10-8-11-16-44/h8-40,67H,1-7H3/i6D3,39D. The van der Waals surface area contributed by atoms with Crippen molar-refractivity contribution >= 4 is 11.0 Å². The molecule has 1 N–H and O–H groups in total. The van der Waals surface area contributed by atoms with Gasteiger partial charge in [-0.3, -0.25) is 9.55 Å². The summed E-state index contributed by atoms with van der Waals surface area (Å²) in [5, 5.41) is 11.9. The molecule has 0 unspecified atom stereocenters. The van der Waals surface area contributed by atoms with Gasteiger partial charge in [0.05, 0.1) is 28.0 Å². The van der Waals surface area contributed by atoms with Gasteiger partial charge in [0, 0.05) is 22.8 Å². The lowest BCUT2D eigenvalue weighted by Crippen LogP contribution is -2.01. The zero-order valence-corrected chi connectivity index (χ0v) is 38.8. The van der Waals surface area contributed by atoms with E-state index in [9.17, 15) is 5.11 Å². The van der Waals surface area contributed by atoms with Crippen molar-refractivity contribution < 1.29 is 10.6 Å². The van der Waals surface area contributed by atoms with Crippen molar-refractivity contribution in [3.05, 3.63) is 216 Å². The molecule has 2 aromatic heterocycles. The third-order valence-corrected chi connectivity index (χ3v) is 12.9. The Morgan fingerprint density at radius 2 is 1.12 bits per heavy atom. The quantitative estimate of drug-likeness (QED) is 0.149. The van der Waals surface area contributed by atoms with Crippen LogP contribution in [0.2, 0.25) is 0 Å². The van der Waals surface area contributed by atoms with Crippen LogP contribution in [0.25, 0.3) is 95.0 Å². The van der Waals surface area contributed by atoms with Crippen LogP contribution < -0.4 is 0 Å². The summed E-state index contributed by atoms with van der Waals surface area (Å²) < 4.78 is 37.9. The molecule has 0 fully saturated rings. The number of aryl methyl sites for hydroxylation is 3. The van der Waals surface area contributed by atoms with Crippen LogP contribution in [0.15, 0.2) is 188 Å². The molecule has 10 rings (SSSR count). The normalized spacial score (nSPS) is 12.8. The highest BCUT2D eigenvalue weighted by Gasteiger charge is 2.23. The Hall–Kier alpha value is -7.82. The topological polar surface area (TPSA) is 50.9 Å². The predicted octanol–water partition coefficient (Wildman–Crippen LogP) is 17.0. The molecule has 328 valence electrons. The fraction of sp³-hybridized carbons (Fsp3) is 0.143. The van der Waals surface area contributed by atoms with Crippen molar-refractivity contribution in [1.29, 1.82) is 0 Å². The highest BCUT2D eigenvalue weighted by atomic mass is 16.3. The Balaban J connectivity index is 1.18. The fourth-order valence-electron chi connectivity index (χ4n) is 9.22. The lowest BCUT2D eigenvalue weighted by Gasteiger charge is -2.17. The van der Waals surface area contributed by atoms with Crippen LogP contribution in [0.5, 0.6) is 5.75 Å². The third-order valence-electron chi connectivity index (χ3n) is 12.9. The van der Waals surface area contributed by atoms with Crippen LogP contribution in [0.3, 0.4) is 0 Å². The van der Waals surface area contributed by atoms with Gasteiger partial charge < -0.3 is 5.11 Å². The number of aromatic hydroxyl groups is 1. The number of fused-ring (bicyclic) bond motifs is 1. The summed E-state index contributed by atoms with van der Waals surface area (Å²) in [4.78, 5) is 10.4. The van der Waals surface area contributed by atoms with Gasteiger partial charge >= 0.3 is 0 Å². The van der Waals surface area contributed by atoms with Crippen LogP contribution >= 0.6 is 0 Å². The third kappa shape index (κ3) is 8.48. The maximum absolute atomic E-state index is 11.9. The molecule has 0 atom stereocenters. The van der Waals surface area contributed by atoms with E-state index in [1.54, 1.807) is 6.07 Å². The Morgan fingerprint density at radius 3 is 1.82 bits per heavy atom. The zero-order valence-electron chi connectivity index (χ0n) is 42.8. The van der Waals surface area contributed by atoms with Crippen LogP contribution in [0.1, 0.15) is 72.8 Å². The van der Waals surface area contributed by atoms with Gasteiger partial charge in [0.2, 0.25) is 0 Å². The van der Waals surface area contributed by atoms with Gasteiger partial charge in [-0.25, -0.2) is 4.98 Å². The molecule has 8 aromatic carbocycles. The molecular formula is C63H55N3O. The number of para-hydroxylation sites is 1. The molecule has 0 amide bonds. The van der Waals surface area contributed by atoms with Crippen molar-refractivity contribution in [2.75, 3.05) is 0 Å². The second-order valence-electron chi connectivity index (χ2n) is 18.2. The fourth-order valence-corrected chi connectivity index (χ4v) is 9.22. The highest BCUT2D eigenvalue weighted by Crippen LogP contribution is 2.42. The highest BCUT2D eigenvalue weighted by molar-refractivity contribution is 5.98. The smallest absolute Gasteiger partial charge is 0.149 e. The molecule has 10 aromatic rings. The van der Waals surface area contributed by atoms with Crippen molar-refractivity contribution in [2.24, 2.45) is 0 Å². The first-order chi connectivity index (χ1) is 34.0. The Bertz CT molecular complexity index is 3610. The lowest BCUT2D eigenvalue weighted by molar-refractivity contribution is 0.472. The van der Waals surface area contributed by atoms with Crippen LogP contribution in [0.4, 0.5) is 0 Å². The summed E-state index contributed by atoms with van der Waals surface area (Å²) in [7, 11) is 0. The molecule has 0 aliphatic rings. The largest absolute Gasteiger partial charge is 0.507 e. The van der Waals surface area contributed by atoms with E-state index in [1.165, 1.54) is 5.56 Å². The molecule has 0 spiro atoms. The predicted molar refractivity (Wildman–Crippen MR) is 281 cm³/mol. The molecule has 67 heavy (non-hydrogen) atoms. The van der Waals surface area contributed by atoms with E-state index in [0.29, 0.717) is 33.7 Å². The first kappa shape index (κ1) is 38.4. The first-order valence-electron chi connectivity index (χ1n) is 25.0. The number of hydrogen-bond donors (Lipinski definition) is 1. The molecule has 0 bridgehead atoms. The minimum Gasteiger partial charge on any atom is -0.507 e. The maximum atomic E-state index is 11.9. The minimum absolute atomic E-state index is 0.0748. The van der Waals surface area contributed by atoms with Gasteiger partial charge in [-0.15, -0.1) is 0 Å². The van der Waals surface area contributed by atoms with Gasteiger partial charge in [0.1, 0.15) is 11.6 Å². The molecule has 0 saturated heterocycles. The molecule has 0 aliphatic heterocycles. The average Bonchev–Trinajstić information content (AvgIpc) is 3.76. The summed E-state index contributed by atoms with van der Waals surface area (Å²) in [5.74, 6) is -0.167. The monoisotopic (exact) mass is 873 g/mol. The molecular weight excluding hydrogens is 815 g/mol. The van der Waals surface area contributed by atoms with E-state index < -0.39 is 12.7 Å². The number of pyridine rings is 1. The molecule has 0 radical (unpaired) electrons. The second kappa shape index (κ2) is 17.9. The number of rotatable bonds is 10. The summed E-state index contributed by atoms with van der Waals surface area (Å²) in [6.07, 6.45) is 1.86. The molecule has 0 saturated carbocycles. The van der Waals surface area contributed by atoms with Crippen molar-refractivity contribution in [2.45, 2.75) is 60.2 Å². The summed E-state index contributed by atoms with van der Waals surface area (Å²) >= 11 is 0. The number of hydrogen-bond acceptors (Lipinski definition) is 3. The number of nitrogens with zero attached hydrogens (tertiary/aromatic N) is 3. The van der Waals surface area contributed by atoms with E-state index in [1.807, 2.05) is 111 Å². The van der Waals surface area contributed by atoms with Crippen molar-refractivity contribution in [3.8, 4) is 89.7 Å². The van der Waals surface area contributed by atoms with Gasteiger partial charge in [0.15, 0.2) is 0 Å². The Kier molecular flexibility index (Phi) is 10.3. The SMILES string of the molecule is [2H]C([2H])([2H])c1cc(-c2cc(C(C)C)cc(C([2H])(C)C)c2)ccc1-n1c(-c2cc(C)cc(C)c2O)nc2c(-c3cc(-c4ccccc4)cc(-c4cc(-c5ccc(-c6ccccc6)cc5)ccn4)c3)cccc21. The van der Waals surface area contributed by atoms with E-state index in [-0.39, 0.29) is 17.2 Å². The summed E-state index contributed by atoms with van der Waals surface area (Å²) in [6, 6.07) is 61.6. The van der Waals surface area contributed by atoms with E-state index in [2.05, 4.69) is 117 Å². The summed E-state index contributed by atoms with van der Waals surface area (Å²) in [5.41, 5.74) is 17.5. The maximum Gasteiger partial charge on any atom is 0.149 e. The average molecular weight is 874 g/mol. The van der Waals surface area contributed by atoms with E-state index in [0.717, 1.165) is 78.0 Å². The molecule has 4 nitrogen and oxygen atoms in total. The van der Waals surface area contributed by atoms with Crippen LogP contribution in [0, 0.1) is 20.7 Å². The minimum atomic E-state index is -2.54. The zero-order chi connectivity index (χ0) is 49.8. The number of imidazole rings is 1. The Labute approximate surface area is 400 Å².